The predicted molar refractivity (Wildman–Crippen MR) is 117 cm³/mol. The van der Waals surface area contributed by atoms with Gasteiger partial charge in [-0.2, -0.15) is 0 Å². The van der Waals surface area contributed by atoms with Gasteiger partial charge in [0.25, 0.3) is 0 Å². The summed E-state index contributed by atoms with van der Waals surface area (Å²) in [5, 5.41) is 4.63. The summed E-state index contributed by atoms with van der Waals surface area (Å²) < 4.78 is 11.7. The first-order chi connectivity index (χ1) is 13.6. The number of benzene rings is 3. The van der Waals surface area contributed by atoms with Gasteiger partial charge in [-0.05, 0) is 54.8 Å². The van der Waals surface area contributed by atoms with Crippen LogP contribution in [0.2, 0.25) is 10.0 Å². The molecule has 28 heavy (non-hydrogen) atoms. The van der Waals surface area contributed by atoms with E-state index in [4.69, 9.17) is 32.7 Å². The molecule has 3 aromatic rings. The first-order valence-corrected chi connectivity index (χ1v) is 9.94. The summed E-state index contributed by atoms with van der Waals surface area (Å²) in [6.45, 7) is 5.54. The lowest BCUT2D eigenvalue weighted by atomic mass is 10.1. The molecule has 0 aliphatic carbocycles. The van der Waals surface area contributed by atoms with Crippen LogP contribution in [0.1, 0.15) is 23.6 Å². The molecule has 0 aromatic heterocycles. The van der Waals surface area contributed by atoms with E-state index in [0.29, 0.717) is 41.3 Å². The highest BCUT2D eigenvalue weighted by atomic mass is 35.5. The Balaban J connectivity index is 1.77. The Labute approximate surface area is 176 Å². The number of hydrogen-bond donors (Lipinski definition) is 1. The molecular formula is C23H23Cl2NO2. The summed E-state index contributed by atoms with van der Waals surface area (Å²) in [4.78, 5) is 0. The van der Waals surface area contributed by atoms with E-state index in [1.54, 1.807) is 0 Å². The average Bonchev–Trinajstić information content (AvgIpc) is 2.69. The van der Waals surface area contributed by atoms with Crippen LogP contribution in [-0.4, -0.2) is 6.61 Å². The van der Waals surface area contributed by atoms with Crippen molar-refractivity contribution in [3.8, 4) is 11.5 Å². The molecule has 1 N–H and O–H groups in total. The third-order valence-electron chi connectivity index (χ3n) is 4.28. The van der Waals surface area contributed by atoms with Crippen molar-refractivity contribution in [1.29, 1.82) is 0 Å². The van der Waals surface area contributed by atoms with Crippen LogP contribution in [0, 0.1) is 6.92 Å². The minimum atomic E-state index is 0.430. The van der Waals surface area contributed by atoms with E-state index in [1.165, 1.54) is 0 Å². The van der Waals surface area contributed by atoms with Gasteiger partial charge in [-0.15, -0.1) is 0 Å². The molecule has 3 rings (SSSR count). The van der Waals surface area contributed by atoms with Crippen molar-refractivity contribution in [1.82, 2.24) is 0 Å². The molecule has 146 valence electrons. The Morgan fingerprint density at radius 1 is 0.893 bits per heavy atom. The van der Waals surface area contributed by atoms with E-state index in [-0.39, 0.29) is 0 Å². The van der Waals surface area contributed by atoms with Crippen LogP contribution < -0.4 is 14.8 Å². The van der Waals surface area contributed by atoms with Gasteiger partial charge in [-0.1, -0.05) is 59.6 Å². The number of nitrogens with one attached hydrogen (secondary N) is 1. The van der Waals surface area contributed by atoms with Gasteiger partial charge in [-0.3, -0.25) is 0 Å². The van der Waals surface area contributed by atoms with Gasteiger partial charge in [0, 0.05) is 17.3 Å². The second kappa shape index (κ2) is 9.72. The van der Waals surface area contributed by atoms with Crippen LogP contribution in [0.15, 0.2) is 60.7 Å². The number of aryl methyl sites for hydroxylation is 1. The number of ether oxygens (including phenoxy) is 2. The van der Waals surface area contributed by atoms with Gasteiger partial charge in [-0.25, -0.2) is 0 Å². The highest BCUT2D eigenvalue weighted by molar-refractivity contribution is 6.32. The molecule has 0 radical (unpaired) electrons. The van der Waals surface area contributed by atoms with Gasteiger partial charge < -0.3 is 14.8 Å². The minimum Gasteiger partial charge on any atom is -0.490 e. The number of hydrogen-bond acceptors (Lipinski definition) is 3. The molecule has 0 unspecified atom stereocenters. The molecule has 0 saturated carbocycles. The Morgan fingerprint density at radius 3 is 2.43 bits per heavy atom. The van der Waals surface area contributed by atoms with Crippen molar-refractivity contribution in [3.05, 3.63) is 87.4 Å². The molecule has 3 nitrogen and oxygen atoms in total. The van der Waals surface area contributed by atoms with Crippen LogP contribution in [0.25, 0.3) is 0 Å². The largest absolute Gasteiger partial charge is 0.490 e. The molecule has 0 heterocycles. The summed E-state index contributed by atoms with van der Waals surface area (Å²) in [6, 6.07) is 19.6. The van der Waals surface area contributed by atoms with Crippen LogP contribution in [-0.2, 0) is 13.2 Å². The molecule has 0 fully saturated rings. The summed E-state index contributed by atoms with van der Waals surface area (Å²) >= 11 is 12.6. The van der Waals surface area contributed by atoms with Gasteiger partial charge in [0.05, 0.1) is 11.6 Å². The Hall–Kier alpha value is -2.36. The maximum atomic E-state index is 6.52. The molecule has 0 aliphatic heterocycles. The zero-order valence-electron chi connectivity index (χ0n) is 16.0. The van der Waals surface area contributed by atoms with E-state index in [1.807, 2.05) is 74.5 Å². The minimum absolute atomic E-state index is 0.430. The first-order valence-electron chi connectivity index (χ1n) is 9.18. The standard InChI is InChI=1S/C23H23Cl2NO2/c1-3-27-22-12-18(14-26-21-13-19(24)10-9-16(21)2)11-20(25)23(22)28-15-17-7-5-4-6-8-17/h4-13,26H,3,14-15H2,1-2H3. The summed E-state index contributed by atoms with van der Waals surface area (Å²) in [7, 11) is 0. The fraction of sp³-hybridized carbons (Fsp3) is 0.217. The first kappa shape index (κ1) is 20.4. The fourth-order valence-electron chi connectivity index (χ4n) is 2.84. The topological polar surface area (TPSA) is 30.5 Å². The van der Waals surface area contributed by atoms with Crippen molar-refractivity contribution in [3.63, 3.8) is 0 Å². The molecule has 0 spiro atoms. The summed E-state index contributed by atoms with van der Waals surface area (Å²) in [5.41, 5.74) is 4.19. The van der Waals surface area contributed by atoms with Crippen molar-refractivity contribution in [2.24, 2.45) is 0 Å². The van der Waals surface area contributed by atoms with E-state index < -0.39 is 0 Å². The van der Waals surface area contributed by atoms with Crippen molar-refractivity contribution in [2.75, 3.05) is 11.9 Å². The maximum Gasteiger partial charge on any atom is 0.180 e. The summed E-state index contributed by atoms with van der Waals surface area (Å²) in [6.07, 6.45) is 0. The molecule has 0 atom stereocenters. The Kier molecular flexibility index (Phi) is 7.07. The quantitative estimate of drug-likeness (QED) is 0.434. The second-order valence-electron chi connectivity index (χ2n) is 6.42. The lowest BCUT2D eigenvalue weighted by molar-refractivity contribution is 0.269. The smallest absolute Gasteiger partial charge is 0.180 e. The molecule has 0 saturated heterocycles. The van der Waals surface area contributed by atoms with Gasteiger partial charge >= 0.3 is 0 Å². The third-order valence-corrected chi connectivity index (χ3v) is 4.79. The molecule has 0 amide bonds. The molecule has 0 aliphatic rings. The zero-order valence-corrected chi connectivity index (χ0v) is 17.5. The SMILES string of the molecule is CCOc1cc(CNc2cc(Cl)ccc2C)cc(Cl)c1OCc1ccccc1. The maximum absolute atomic E-state index is 6.52. The lowest BCUT2D eigenvalue weighted by Gasteiger charge is -2.16. The van der Waals surface area contributed by atoms with E-state index in [2.05, 4.69) is 5.32 Å². The number of anilines is 1. The van der Waals surface area contributed by atoms with Gasteiger partial charge in [0.2, 0.25) is 0 Å². The van der Waals surface area contributed by atoms with Crippen LogP contribution >= 0.6 is 23.2 Å². The fourth-order valence-corrected chi connectivity index (χ4v) is 3.30. The van der Waals surface area contributed by atoms with E-state index >= 15 is 0 Å². The van der Waals surface area contributed by atoms with Gasteiger partial charge in [0.1, 0.15) is 6.61 Å². The van der Waals surface area contributed by atoms with E-state index in [9.17, 15) is 0 Å². The molecule has 5 heteroatoms. The normalized spacial score (nSPS) is 10.6. The highest BCUT2D eigenvalue weighted by Gasteiger charge is 2.13. The molecule has 3 aromatic carbocycles. The van der Waals surface area contributed by atoms with Crippen LogP contribution in [0.4, 0.5) is 5.69 Å². The predicted octanol–water partition coefficient (Wildman–Crippen LogP) is 6.89. The van der Waals surface area contributed by atoms with Crippen LogP contribution in [0.3, 0.4) is 0 Å². The summed E-state index contributed by atoms with van der Waals surface area (Å²) in [5.74, 6) is 1.21. The number of halogens is 2. The lowest BCUT2D eigenvalue weighted by Crippen LogP contribution is -2.04. The van der Waals surface area contributed by atoms with Crippen molar-refractivity contribution >= 4 is 28.9 Å². The Bertz CT molecular complexity index is 929. The van der Waals surface area contributed by atoms with Crippen molar-refractivity contribution in [2.45, 2.75) is 27.0 Å². The highest BCUT2D eigenvalue weighted by Crippen LogP contribution is 2.37. The third kappa shape index (κ3) is 5.34. The van der Waals surface area contributed by atoms with E-state index in [0.717, 1.165) is 22.4 Å². The number of rotatable bonds is 8. The van der Waals surface area contributed by atoms with Crippen molar-refractivity contribution < 1.29 is 9.47 Å². The van der Waals surface area contributed by atoms with Crippen LogP contribution in [0.5, 0.6) is 11.5 Å². The molecule has 0 bridgehead atoms. The second-order valence-corrected chi connectivity index (χ2v) is 7.27. The zero-order chi connectivity index (χ0) is 19.9. The van der Waals surface area contributed by atoms with Gasteiger partial charge in [0.15, 0.2) is 11.5 Å². The molecular weight excluding hydrogens is 393 g/mol. The monoisotopic (exact) mass is 415 g/mol. The average molecular weight is 416 g/mol. The Morgan fingerprint density at radius 2 is 1.68 bits per heavy atom.